The van der Waals surface area contributed by atoms with Gasteiger partial charge < -0.3 is 9.64 Å². The van der Waals surface area contributed by atoms with Gasteiger partial charge in [0.15, 0.2) is 0 Å². The maximum absolute atomic E-state index is 13.4. The molecule has 3 nitrogen and oxygen atoms in total. The Morgan fingerprint density at radius 3 is 2.45 bits per heavy atom. The molecule has 2 aliphatic rings. The summed E-state index contributed by atoms with van der Waals surface area (Å²) in [6, 6.07) is 29.1. The highest BCUT2D eigenvalue weighted by atomic mass is 16.5. The average Bonchev–Trinajstić information content (AvgIpc) is 2.87. The first-order valence-corrected chi connectivity index (χ1v) is 11.9. The molecule has 0 aliphatic carbocycles. The first-order chi connectivity index (χ1) is 16.1. The van der Waals surface area contributed by atoms with Crippen LogP contribution in [0.5, 0.6) is 5.75 Å². The lowest BCUT2D eigenvalue weighted by atomic mass is 9.63. The van der Waals surface area contributed by atoms with Gasteiger partial charge in [-0.2, -0.15) is 0 Å². The molecule has 0 spiro atoms. The highest BCUT2D eigenvalue weighted by Gasteiger charge is 2.47. The molecule has 5 rings (SSSR count). The predicted molar refractivity (Wildman–Crippen MR) is 133 cm³/mol. The summed E-state index contributed by atoms with van der Waals surface area (Å²) >= 11 is 0. The van der Waals surface area contributed by atoms with E-state index in [9.17, 15) is 4.79 Å². The van der Waals surface area contributed by atoms with Gasteiger partial charge in [0.05, 0.1) is 0 Å². The SMILES string of the molecule is C[C@H]1[C@H]2CC=C(c3ccccc3)C(=O)N2CC[C@@]1(C)c1cccc(OCc2ccccc2)c1. The number of ether oxygens (including phenoxy) is 1. The Morgan fingerprint density at radius 2 is 1.70 bits per heavy atom. The molecule has 3 atom stereocenters. The number of amides is 1. The number of fused-ring (bicyclic) bond motifs is 1. The second-order valence-electron chi connectivity index (χ2n) is 9.54. The fraction of sp³-hybridized carbons (Fsp3) is 0.300. The van der Waals surface area contributed by atoms with Crippen LogP contribution < -0.4 is 4.74 Å². The summed E-state index contributed by atoms with van der Waals surface area (Å²) in [4.78, 5) is 15.5. The fourth-order valence-corrected chi connectivity index (χ4v) is 5.45. The van der Waals surface area contributed by atoms with Crippen LogP contribution >= 0.6 is 0 Å². The Balaban J connectivity index is 1.36. The van der Waals surface area contributed by atoms with E-state index in [4.69, 9.17) is 4.74 Å². The van der Waals surface area contributed by atoms with Crippen LogP contribution in [0.25, 0.3) is 5.57 Å². The van der Waals surface area contributed by atoms with Gasteiger partial charge in [-0.05, 0) is 53.0 Å². The maximum atomic E-state index is 13.4. The lowest BCUT2D eigenvalue weighted by Gasteiger charge is -2.52. The van der Waals surface area contributed by atoms with Crippen LogP contribution in [0, 0.1) is 5.92 Å². The van der Waals surface area contributed by atoms with Gasteiger partial charge in [-0.1, -0.05) is 92.7 Å². The molecule has 0 bridgehead atoms. The van der Waals surface area contributed by atoms with Crippen molar-refractivity contribution in [3.8, 4) is 5.75 Å². The molecule has 2 aliphatic heterocycles. The highest BCUT2D eigenvalue weighted by molar-refractivity contribution is 6.20. The number of hydrogen-bond acceptors (Lipinski definition) is 2. The van der Waals surface area contributed by atoms with E-state index in [1.54, 1.807) is 0 Å². The Labute approximate surface area is 196 Å². The smallest absolute Gasteiger partial charge is 0.254 e. The topological polar surface area (TPSA) is 29.5 Å². The minimum atomic E-state index is -0.00828. The Hall–Kier alpha value is -3.33. The van der Waals surface area contributed by atoms with Crippen LogP contribution in [-0.2, 0) is 16.8 Å². The van der Waals surface area contributed by atoms with Crippen LogP contribution in [0.1, 0.15) is 43.4 Å². The van der Waals surface area contributed by atoms with Crippen LogP contribution in [0.4, 0.5) is 0 Å². The molecule has 1 saturated heterocycles. The Morgan fingerprint density at radius 1 is 0.970 bits per heavy atom. The third-order valence-corrected chi connectivity index (χ3v) is 7.74. The summed E-state index contributed by atoms with van der Waals surface area (Å²) in [6.07, 6.45) is 4.00. The maximum Gasteiger partial charge on any atom is 0.254 e. The van der Waals surface area contributed by atoms with E-state index < -0.39 is 0 Å². The molecule has 0 saturated carbocycles. The molecule has 0 radical (unpaired) electrons. The molecule has 33 heavy (non-hydrogen) atoms. The number of benzene rings is 3. The van der Waals surface area contributed by atoms with Gasteiger partial charge in [0, 0.05) is 18.2 Å². The molecule has 1 fully saturated rings. The molecule has 3 aromatic rings. The molecule has 168 valence electrons. The van der Waals surface area contributed by atoms with E-state index in [-0.39, 0.29) is 17.4 Å². The third-order valence-electron chi connectivity index (χ3n) is 7.74. The van der Waals surface area contributed by atoms with Gasteiger partial charge in [-0.25, -0.2) is 0 Å². The van der Waals surface area contributed by atoms with E-state index in [1.807, 2.05) is 54.6 Å². The van der Waals surface area contributed by atoms with Gasteiger partial charge >= 0.3 is 0 Å². The van der Waals surface area contributed by atoms with Crippen molar-refractivity contribution in [3.05, 3.63) is 108 Å². The largest absolute Gasteiger partial charge is 0.489 e. The lowest BCUT2D eigenvalue weighted by Crippen LogP contribution is -2.57. The number of hydrogen-bond donors (Lipinski definition) is 0. The molecule has 3 heteroatoms. The molecular weight excluding hydrogens is 406 g/mol. The summed E-state index contributed by atoms with van der Waals surface area (Å²) < 4.78 is 6.12. The van der Waals surface area contributed by atoms with Crippen molar-refractivity contribution in [2.45, 2.75) is 44.8 Å². The first-order valence-electron chi connectivity index (χ1n) is 11.9. The molecular formula is C30H31NO2. The monoisotopic (exact) mass is 437 g/mol. The summed E-state index contributed by atoms with van der Waals surface area (Å²) in [7, 11) is 0. The zero-order valence-electron chi connectivity index (χ0n) is 19.4. The third kappa shape index (κ3) is 4.08. The van der Waals surface area contributed by atoms with Gasteiger partial charge in [0.1, 0.15) is 12.4 Å². The van der Waals surface area contributed by atoms with Crippen molar-refractivity contribution in [2.24, 2.45) is 5.92 Å². The van der Waals surface area contributed by atoms with Crippen molar-refractivity contribution in [1.82, 2.24) is 4.90 Å². The quantitative estimate of drug-likeness (QED) is 0.472. The predicted octanol–water partition coefficient (Wildman–Crippen LogP) is 6.25. The van der Waals surface area contributed by atoms with E-state index >= 15 is 0 Å². The summed E-state index contributed by atoms with van der Waals surface area (Å²) in [6.45, 7) is 6.01. The first kappa shape index (κ1) is 21.5. The summed E-state index contributed by atoms with van der Waals surface area (Å²) in [5.74, 6) is 1.41. The normalized spacial score (nSPS) is 24.7. The van der Waals surface area contributed by atoms with Crippen LogP contribution in [0.2, 0.25) is 0 Å². The molecule has 3 aromatic carbocycles. The molecule has 2 heterocycles. The highest BCUT2D eigenvalue weighted by Crippen LogP contribution is 2.46. The second kappa shape index (κ2) is 8.90. The number of carbonyl (C=O) groups excluding carboxylic acids is 1. The zero-order chi connectivity index (χ0) is 22.8. The van der Waals surface area contributed by atoms with Gasteiger partial charge in [-0.3, -0.25) is 4.79 Å². The average molecular weight is 438 g/mol. The Bertz CT molecular complexity index is 1150. The van der Waals surface area contributed by atoms with Crippen molar-refractivity contribution >= 4 is 11.5 Å². The van der Waals surface area contributed by atoms with Crippen molar-refractivity contribution in [2.75, 3.05) is 6.54 Å². The fourth-order valence-electron chi connectivity index (χ4n) is 5.45. The second-order valence-corrected chi connectivity index (χ2v) is 9.54. The zero-order valence-corrected chi connectivity index (χ0v) is 19.4. The van der Waals surface area contributed by atoms with Crippen LogP contribution in [0.15, 0.2) is 91.0 Å². The molecule has 1 amide bonds. The minimum absolute atomic E-state index is 0.00828. The number of carbonyl (C=O) groups is 1. The number of nitrogens with zero attached hydrogens (tertiary/aromatic N) is 1. The van der Waals surface area contributed by atoms with Crippen LogP contribution in [0.3, 0.4) is 0 Å². The summed E-state index contributed by atoms with van der Waals surface area (Å²) in [5.41, 5.74) is 4.32. The van der Waals surface area contributed by atoms with Gasteiger partial charge in [-0.15, -0.1) is 0 Å². The van der Waals surface area contributed by atoms with Crippen molar-refractivity contribution in [3.63, 3.8) is 0 Å². The van der Waals surface area contributed by atoms with E-state index in [0.717, 1.165) is 41.8 Å². The van der Waals surface area contributed by atoms with Gasteiger partial charge in [0.2, 0.25) is 0 Å². The standard InChI is InChI=1S/C30H31NO2/c1-22-28-17-16-27(24-12-7-4-8-13-24)29(32)31(28)19-18-30(22,2)25-14-9-15-26(20-25)33-21-23-10-5-3-6-11-23/h3-16,20,22,28H,17-19,21H2,1-2H3/t22-,28+,30+/m0/s1. The minimum Gasteiger partial charge on any atom is -0.489 e. The molecule has 0 unspecified atom stereocenters. The van der Waals surface area contributed by atoms with E-state index in [2.05, 4.69) is 55.2 Å². The van der Waals surface area contributed by atoms with Crippen molar-refractivity contribution < 1.29 is 9.53 Å². The number of piperidine rings is 1. The Kier molecular flexibility index (Phi) is 5.80. The van der Waals surface area contributed by atoms with Crippen LogP contribution in [-0.4, -0.2) is 23.4 Å². The summed E-state index contributed by atoms with van der Waals surface area (Å²) in [5, 5.41) is 0. The molecule has 0 N–H and O–H groups in total. The van der Waals surface area contributed by atoms with Crippen molar-refractivity contribution in [1.29, 1.82) is 0 Å². The van der Waals surface area contributed by atoms with Gasteiger partial charge in [0.25, 0.3) is 5.91 Å². The number of rotatable bonds is 5. The lowest BCUT2D eigenvalue weighted by molar-refractivity contribution is -0.132. The van der Waals surface area contributed by atoms with E-state index in [0.29, 0.717) is 12.5 Å². The van der Waals surface area contributed by atoms with E-state index in [1.165, 1.54) is 5.56 Å². The molecule has 0 aromatic heterocycles.